The van der Waals surface area contributed by atoms with Crippen molar-refractivity contribution in [2.24, 2.45) is 0 Å². The monoisotopic (exact) mass is 262 g/mol. The molecule has 0 bridgehead atoms. The summed E-state index contributed by atoms with van der Waals surface area (Å²) in [7, 11) is 4.02. The summed E-state index contributed by atoms with van der Waals surface area (Å²) < 4.78 is 0. The van der Waals surface area contributed by atoms with Crippen molar-refractivity contribution in [2.45, 2.75) is 19.6 Å². The molecule has 2 aromatic heterocycles. The fourth-order valence-electron chi connectivity index (χ4n) is 1.82. The van der Waals surface area contributed by atoms with Gasteiger partial charge in [-0.25, -0.2) is 4.98 Å². The smallest absolute Gasteiger partial charge is 0.0795 e. The number of nitrogens with one attached hydrogen (secondary N) is 1. The van der Waals surface area contributed by atoms with Crippen LogP contribution in [-0.4, -0.2) is 29.0 Å². The Morgan fingerprint density at radius 2 is 2.00 bits per heavy atom. The molecule has 2 aromatic rings. The second-order valence-electron chi connectivity index (χ2n) is 4.30. The van der Waals surface area contributed by atoms with Gasteiger partial charge in [-0.05, 0) is 26.2 Å². The second kappa shape index (κ2) is 6.58. The Bertz CT molecular complexity index is 470. The van der Waals surface area contributed by atoms with Crippen LogP contribution in [0.4, 0.5) is 0 Å². The molecule has 1 N–H and O–H groups in total. The second-order valence-corrected chi connectivity index (χ2v) is 5.02. The number of thiazole rings is 1. The van der Waals surface area contributed by atoms with E-state index in [1.807, 2.05) is 18.6 Å². The van der Waals surface area contributed by atoms with Gasteiger partial charge >= 0.3 is 0 Å². The van der Waals surface area contributed by atoms with Gasteiger partial charge in [0, 0.05) is 25.0 Å². The van der Waals surface area contributed by atoms with Crippen LogP contribution in [0.1, 0.15) is 17.1 Å². The molecule has 0 fully saturated rings. The molecule has 0 saturated heterocycles. The van der Waals surface area contributed by atoms with Gasteiger partial charge in [0.2, 0.25) is 0 Å². The molecule has 0 atom stereocenters. The van der Waals surface area contributed by atoms with Gasteiger partial charge in [-0.3, -0.25) is 9.88 Å². The standard InChI is InChI=1S/C13H18N4S/c1-14-6-11-4-3-5-12(16-11)7-17(2)8-13-9-18-10-15-13/h3-5,9-10,14H,6-8H2,1-2H3. The van der Waals surface area contributed by atoms with Crippen molar-refractivity contribution < 1.29 is 0 Å². The Hall–Kier alpha value is -1.30. The summed E-state index contributed by atoms with van der Waals surface area (Å²) in [5, 5.41) is 5.20. The quantitative estimate of drug-likeness (QED) is 0.863. The summed E-state index contributed by atoms with van der Waals surface area (Å²) in [5.41, 5.74) is 5.17. The Balaban J connectivity index is 1.93. The van der Waals surface area contributed by atoms with Crippen LogP contribution >= 0.6 is 11.3 Å². The average Bonchev–Trinajstić information content (AvgIpc) is 2.82. The number of hydrogen-bond donors (Lipinski definition) is 1. The molecule has 0 aliphatic rings. The summed E-state index contributed by atoms with van der Waals surface area (Å²) in [5.74, 6) is 0. The zero-order valence-electron chi connectivity index (χ0n) is 10.8. The highest BCUT2D eigenvalue weighted by atomic mass is 32.1. The van der Waals surface area contributed by atoms with Crippen molar-refractivity contribution >= 4 is 11.3 Å². The first kappa shape index (κ1) is 13.1. The van der Waals surface area contributed by atoms with Gasteiger partial charge in [0.25, 0.3) is 0 Å². The minimum Gasteiger partial charge on any atom is -0.314 e. The van der Waals surface area contributed by atoms with E-state index in [2.05, 4.69) is 44.7 Å². The molecule has 0 spiro atoms. The lowest BCUT2D eigenvalue weighted by atomic mass is 10.3. The van der Waals surface area contributed by atoms with Crippen LogP contribution in [0.3, 0.4) is 0 Å². The predicted molar refractivity (Wildman–Crippen MR) is 74.3 cm³/mol. The van der Waals surface area contributed by atoms with Crippen LogP contribution in [0.15, 0.2) is 29.1 Å². The largest absolute Gasteiger partial charge is 0.314 e. The molecule has 0 amide bonds. The maximum atomic E-state index is 4.61. The van der Waals surface area contributed by atoms with E-state index in [1.165, 1.54) is 0 Å². The Kier molecular flexibility index (Phi) is 4.81. The summed E-state index contributed by atoms with van der Waals surface area (Å²) in [4.78, 5) is 11.1. The molecule has 0 aromatic carbocycles. The molecule has 0 unspecified atom stereocenters. The number of rotatable bonds is 6. The van der Waals surface area contributed by atoms with Crippen molar-refractivity contribution in [2.75, 3.05) is 14.1 Å². The molecular formula is C13H18N4S. The SMILES string of the molecule is CNCc1cccc(CN(C)Cc2cscn2)n1. The van der Waals surface area contributed by atoms with E-state index in [-0.39, 0.29) is 0 Å². The number of aromatic nitrogens is 2. The van der Waals surface area contributed by atoms with Gasteiger partial charge in [-0.1, -0.05) is 6.07 Å². The Morgan fingerprint density at radius 3 is 2.72 bits per heavy atom. The third kappa shape index (κ3) is 3.87. The summed E-state index contributed by atoms with van der Waals surface area (Å²) in [6.07, 6.45) is 0. The van der Waals surface area contributed by atoms with E-state index in [1.54, 1.807) is 11.3 Å². The van der Waals surface area contributed by atoms with Gasteiger partial charge in [0.1, 0.15) is 0 Å². The first-order valence-corrected chi connectivity index (χ1v) is 6.87. The summed E-state index contributed by atoms with van der Waals surface area (Å²) in [6.45, 7) is 2.51. The van der Waals surface area contributed by atoms with E-state index in [4.69, 9.17) is 0 Å². The van der Waals surface area contributed by atoms with Crippen molar-refractivity contribution in [1.29, 1.82) is 0 Å². The van der Waals surface area contributed by atoms with Gasteiger partial charge in [-0.15, -0.1) is 11.3 Å². The molecule has 0 saturated carbocycles. The van der Waals surface area contributed by atoms with Crippen molar-refractivity contribution in [1.82, 2.24) is 20.2 Å². The third-order valence-electron chi connectivity index (χ3n) is 2.57. The highest BCUT2D eigenvalue weighted by molar-refractivity contribution is 7.07. The van der Waals surface area contributed by atoms with Crippen molar-refractivity contribution in [3.63, 3.8) is 0 Å². The molecule has 4 nitrogen and oxygen atoms in total. The van der Waals surface area contributed by atoms with Crippen molar-refractivity contribution in [3.8, 4) is 0 Å². The molecular weight excluding hydrogens is 244 g/mol. The molecule has 0 aliphatic heterocycles. The normalized spacial score (nSPS) is 11.1. The predicted octanol–water partition coefficient (Wildman–Crippen LogP) is 1.89. The lowest BCUT2D eigenvalue weighted by Crippen LogP contribution is -2.18. The maximum absolute atomic E-state index is 4.61. The van der Waals surface area contributed by atoms with Crippen LogP contribution in [-0.2, 0) is 19.6 Å². The van der Waals surface area contributed by atoms with Crippen LogP contribution in [0.25, 0.3) is 0 Å². The van der Waals surface area contributed by atoms with Gasteiger partial charge in [-0.2, -0.15) is 0 Å². The van der Waals surface area contributed by atoms with Crippen molar-refractivity contribution in [3.05, 3.63) is 46.2 Å². The average molecular weight is 262 g/mol. The zero-order valence-corrected chi connectivity index (χ0v) is 11.6. The summed E-state index contributed by atoms with van der Waals surface area (Å²) in [6, 6.07) is 6.17. The first-order chi connectivity index (χ1) is 8.78. The minimum absolute atomic E-state index is 0.809. The fraction of sp³-hybridized carbons (Fsp3) is 0.385. The van der Waals surface area contributed by atoms with Crippen LogP contribution in [0, 0.1) is 0 Å². The fourth-order valence-corrected chi connectivity index (χ4v) is 2.37. The number of nitrogens with zero attached hydrogens (tertiary/aromatic N) is 3. The van der Waals surface area contributed by atoms with E-state index in [9.17, 15) is 0 Å². The number of hydrogen-bond acceptors (Lipinski definition) is 5. The molecule has 96 valence electrons. The van der Waals surface area contributed by atoms with E-state index in [0.717, 1.165) is 36.7 Å². The molecule has 0 aliphatic carbocycles. The molecule has 5 heteroatoms. The topological polar surface area (TPSA) is 41.0 Å². The minimum atomic E-state index is 0.809. The van der Waals surface area contributed by atoms with Gasteiger partial charge < -0.3 is 5.32 Å². The number of pyridine rings is 1. The Morgan fingerprint density at radius 1 is 1.22 bits per heavy atom. The summed E-state index contributed by atoms with van der Waals surface area (Å²) >= 11 is 1.64. The van der Waals surface area contributed by atoms with Crippen LogP contribution < -0.4 is 5.32 Å². The van der Waals surface area contributed by atoms with Crippen LogP contribution in [0.5, 0.6) is 0 Å². The highest BCUT2D eigenvalue weighted by Crippen LogP contribution is 2.07. The first-order valence-electron chi connectivity index (χ1n) is 5.93. The van der Waals surface area contributed by atoms with E-state index >= 15 is 0 Å². The van der Waals surface area contributed by atoms with E-state index < -0.39 is 0 Å². The Labute approximate surface area is 112 Å². The van der Waals surface area contributed by atoms with Gasteiger partial charge in [0.15, 0.2) is 0 Å². The lowest BCUT2D eigenvalue weighted by Gasteiger charge is -2.15. The lowest BCUT2D eigenvalue weighted by molar-refractivity contribution is 0.311. The third-order valence-corrected chi connectivity index (χ3v) is 3.20. The molecule has 2 heterocycles. The van der Waals surface area contributed by atoms with E-state index in [0.29, 0.717) is 0 Å². The zero-order chi connectivity index (χ0) is 12.8. The maximum Gasteiger partial charge on any atom is 0.0795 e. The highest BCUT2D eigenvalue weighted by Gasteiger charge is 2.04. The molecule has 0 radical (unpaired) electrons. The molecule has 2 rings (SSSR count). The van der Waals surface area contributed by atoms with Crippen LogP contribution in [0.2, 0.25) is 0 Å². The molecule has 18 heavy (non-hydrogen) atoms. The van der Waals surface area contributed by atoms with Gasteiger partial charge in [0.05, 0.1) is 22.6 Å².